The quantitative estimate of drug-likeness (QED) is 0.752. The van der Waals surface area contributed by atoms with E-state index in [2.05, 4.69) is 0 Å². The normalized spacial score (nSPS) is 38.9. The van der Waals surface area contributed by atoms with Crippen molar-refractivity contribution in [1.82, 2.24) is 0 Å². The van der Waals surface area contributed by atoms with E-state index in [1.54, 1.807) is 0 Å². The molecule has 2 rings (SSSR count). The third-order valence-corrected chi connectivity index (χ3v) is 4.25. The molecule has 3 heteroatoms. The number of rotatable bonds is 3. The van der Waals surface area contributed by atoms with E-state index >= 15 is 0 Å². The predicted molar refractivity (Wildman–Crippen MR) is 66.3 cm³/mol. The first kappa shape index (κ1) is 13.0. The average molecular weight is 243 g/mol. The molecule has 2 N–H and O–H groups in total. The van der Waals surface area contributed by atoms with Gasteiger partial charge in [-0.3, -0.25) is 0 Å². The number of hydrogen-bond acceptors (Lipinski definition) is 1. The van der Waals surface area contributed by atoms with Gasteiger partial charge in [0.25, 0.3) is 0 Å². The predicted octanol–water partition coefficient (Wildman–Crippen LogP) is 3.68. The van der Waals surface area contributed by atoms with Crippen LogP contribution in [0, 0.1) is 5.92 Å². The lowest BCUT2D eigenvalue weighted by Gasteiger charge is -2.27. The molecule has 0 bridgehead atoms. The van der Waals surface area contributed by atoms with Gasteiger partial charge in [0.05, 0.1) is 0 Å². The van der Waals surface area contributed by atoms with E-state index in [4.69, 9.17) is 5.73 Å². The SMILES string of the molecule is NC1CCC(CCC2=CCC(F)C(F)C2)CC1. The van der Waals surface area contributed by atoms with Crippen LogP contribution in [0.3, 0.4) is 0 Å². The summed E-state index contributed by atoms with van der Waals surface area (Å²) in [6, 6.07) is 0.391. The first-order chi connectivity index (χ1) is 8.15. The summed E-state index contributed by atoms with van der Waals surface area (Å²) in [4.78, 5) is 0. The second-order valence-corrected chi connectivity index (χ2v) is 5.65. The van der Waals surface area contributed by atoms with Crippen molar-refractivity contribution in [1.29, 1.82) is 0 Å². The molecule has 0 spiro atoms. The third kappa shape index (κ3) is 3.77. The number of halogens is 2. The molecule has 98 valence electrons. The Hall–Kier alpha value is -0.440. The Morgan fingerprint density at radius 1 is 1.12 bits per heavy atom. The molecule has 1 fully saturated rings. The molecule has 0 amide bonds. The number of allylic oxidation sites excluding steroid dienone is 2. The summed E-state index contributed by atoms with van der Waals surface area (Å²) < 4.78 is 26.2. The summed E-state index contributed by atoms with van der Waals surface area (Å²) >= 11 is 0. The monoisotopic (exact) mass is 243 g/mol. The van der Waals surface area contributed by atoms with Gasteiger partial charge in [0.15, 0.2) is 0 Å². The molecule has 1 saturated carbocycles. The summed E-state index contributed by atoms with van der Waals surface area (Å²) in [5, 5.41) is 0. The van der Waals surface area contributed by atoms with E-state index in [-0.39, 0.29) is 6.42 Å². The van der Waals surface area contributed by atoms with Crippen LogP contribution in [0.2, 0.25) is 0 Å². The highest BCUT2D eigenvalue weighted by molar-refractivity contribution is 5.10. The van der Waals surface area contributed by atoms with Crippen molar-refractivity contribution >= 4 is 0 Å². The highest BCUT2D eigenvalue weighted by Crippen LogP contribution is 2.31. The molecule has 2 aliphatic rings. The van der Waals surface area contributed by atoms with Gasteiger partial charge in [-0.15, -0.1) is 0 Å². The molecule has 17 heavy (non-hydrogen) atoms. The van der Waals surface area contributed by atoms with Crippen LogP contribution in [-0.2, 0) is 0 Å². The second-order valence-electron chi connectivity index (χ2n) is 5.65. The Morgan fingerprint density at radius 3 is 2.47 bits per heavy atom. The zero-order chi connectivity index (χ0) is 12.3. The molecule has 0 aromatic carbocycles. The molecule has 2 atom stereocenters. The van der Waals surface area contributed by atoms with E-state index in [1.807, 2.05) is 6.08 Å². The lowest BCUT2D eigenvalue weighted by Crippen LogP contribution is -2.26. The molecule has 0 radical (unpaired) electrons. The molecule has 2 unspecified atom stereocenters. The Bertz CT molecular complexity index is 269. The second kappa shape index (κ2) is 5.94. The molecule has 1 nitrogen and oxygen atoms in total. The summed E-state index contributed by atoms with van der Waals surface area (Å²) in [7, 11) is 0. The van der Waals surface area contributed by atoms with Crippen molar-refractivity contribution in [2.45, 2.75) is 69.8 Å². The first-order valence-electron chi connectivity index (χ1n) is 6.86. The molecule has 0 saturated heterocycles. The van der Waals surface area contributed by atoms with Gasteiger partial charge in [-0.25, -0.2) is 8.78 Å². The van der Waals surface area contributed by atoms with Crippen molar-refractivity contribution in [3.05, 3.63) is 11.6 Å². The number of hydrogen-bond donors (Lipinski definition) is 1. The van der Waals surface area contributed by atoms with Crippen LogP contribution in [-0.4, -0.2) is 18.4 Å². The fraction of sp³-hybridized carbons (Fsp3) is 0.857. The molecular formula is C14H23F2N. The Morgan fingerprint density at radius 2 is 1.82 bits per heavy atom. The maximum atomic E-state index is 13.2. The van der Waals surface area contributed by atoms with Gasteiger partial charge < -0.3 is 5.73 Å². The fourth-order valence-corrected chi connectivity index (χ4v) is 2.96. The van der Waals surface area contributed by atoms with Crippen LogP contribution in [0.15, 0.2) is 11.6 Å². The average Bonchev–Trinajstić information content (AvgIpc) is 2.33. The molecular weight excluding hydrogens is 220 g/mol. The van der Waals surface area contributed by atoms with E-state index < -0.39 is 12.3 Å². The number of nitrogens with two attached hydrogens (primary N) is 1. The van der Waals surface area contributed by atoms with Crippen LogP contribution in [0.25, 0.3) is 0 Å². The standard InChI is InChI=1S/C14H23F2N/c15-13-8-5-11(9-14(13)16)2-1-10-3-6-12(17)7-4-10/h5,10,12-14H,1-4,6-9,17H2. The van der Waals surface area contributed by atoms with Gasteiger partial charge in [-0.2, -0.15) is 0 Å². The largest absolute Gasteiger partial charge is 0.328 e. The minimum Gasteiger partial charge on any atom is -0.328 e. The van der Waals surface area contributed by atoms with E-state index in [0.717, 1.165) is 37.2 Å². The topological polar surface area (TPSA) is 26.0 Å². The van der Waals surface area contributed by atoms with E-state index in [1.165, 1.54) is 12.8 Å². The van der Waals surface area contributed by atoms with Crippen LogP contribution < -0.4 is 5.73 Å². The lowest BCUT2D eigenvalue weighted by atomic mass is 9.82. The highest BCUT2D eigenvalue weighted by Gasteiger charge is 2.25. The van der Waals surface area contributed by atoms with Gasteiger partial charge in [-0.1, -0.05) is 11.6 Å². The van der Waals surface area contributed by atoms with E-state index in [0.29, 0.717) is 12.5 Å². The van der Waals surface area contributed by atoms with Crippen molar-refractivity contribution in [2.24, 2.45) is 11.7 Å². The van der Waals surface area contributed by atoms with Crippen molar-refractivity contribution < 1.29 is 8.78 Å². The summed E-state index contributed by atoms with van der Waals surface area (Å²) in [6.07, 6.45) is 6.70. The Kier molecular flexibility index (Phi) is 4.55. The minimum absolute atomic E-state index is 0.270. The Labute approximate surface area is 102 Å². The van der Waals surface area contributed by atoms with E-state index in [9.17, 15) is 8.78 Å². The van der Waals surface area contributed by atoms with Crippen LogP contribution in [0.5, 0.6) is 0 Å². The van der Waals surface area contributed by atoms with Crippen LogP contribution >= 0.6 is 0 Å². The van der Waals surface area contributed by atoms with Crippen molar-refractivity contribution in [2.75, 3.05) is 0 Å². The molecule has 0 heterocycles. The van der Waals surface area contributed by atoms with Crippen LogP contribution in [0.4, 0.5) is 8.78 Å². The molecule has 0 aromatic rings. The lowest BCUT2D eigenvalue weighted by molar-refractivity contribution is 0.158. The summed E-state index contributed by atoms with van der Waals surface area (Å²) in [5.41, 5.74) is 6.99. The molecule has 0 aliphatic heterocycles. The first-order valence-corrected chi connectivity index (χ1v) is 6.86. The van der Waals surface area contributed by atoms with Crippen molar-refractivity contribution in [3.63, 3.8) is 0 Å². The van der Waals surface area contributed by atoms with Gasteiger partial charge >= 0.3 is 0 Å². The van der Waals surface area contributed by atoms with Gasteiger partial charge in [-0.05, 0) is 50.9 Å². The maximum absolute atomic E-state index is 13.2. The maximum Gasteiger partial charge on any atom is 0.135 e. The Balaban J connectivity index is 1.72. The molecule has 0 aromatic heterocycles. The molecule has 2 aliphatic carbocycles. The van der Waals surface area contributed by atoms with Gasteiger partial charge in [0, 0.05) is 12.5 Å². The zero-order valence-corrected chi connectivity index (χ0v) is 10.4. The number of alkyl halides is 2. The minimum atomic E-state index is -1.27. The summed E-state index contributed by atoms with van der Waals surface area (Å²) in [5.74, 6) is 0.747. The van der Waals surface area contributed by atoms with Gasteiger partial charge in [0.1, 0.15) is 12.3 Å². The zero-order valence-electron chi connectivity index (χ0n) is 10.4. The van der Waals surface area contributed by atoms with Crippen LogP contribution in [0.1, 0.15) is 51.4 Å². The highest BCUT2D eigenvalue weighted by atomic mass is 19.2. The summed E-state index contributed by atoms with van der Waals surface area (Å²) in [6.45, 7) is 0. The fourth-order valence-electron chi connectivity index (χ4n) is 2.96. The third-order valence-electron chi connectivity index (χ3n) is 4.25. The van der Waals surface area contributed by atoms with Gasteiger partial charge in [0.2, 0.25) is 0 Å². The smallest absolute Gasteiger partial charge is 0.135 e. The van der Waals surface area contributed by atoms with Crippen molar-refractivity contribution in [3.8, 4) is 0 Å².